The van der Waals surface area contributed by atoms with Crippen LogP contribution < -0.4 is 0 Å². The molecule has 0 aliphatic carbocycles. The third kappa shape index (κ3) is 6.84. The second kappa shape index (κ2) is 5.39. The first-order valence-corrected chi connectivity index (χ1v) is 4.77. The predicted octanol–water partition coefficient (Wildman–Crippen LogP) is 2.58. The summed E-state index contributed by atoms with van der Waals surface area (Å²) in [5, 5.41) is 0. The first-order chi connectivity index (χ1) is 4.52. The summed E-state index contributed by atoms with van der Waals surface area (Å²) in [5.74, 6) is 0. The summed E-state index contributed by atoms with van der Waals surface area (Å²) in [5.41, 5.74) is -1.22. The van der Waals surface area contributed by atoms with Crippen molar-refractivity contribution in [2.24, 2.45) is 0 Å². The molecular weight excluding hydrogens is 198 g/mol. The molecule has 0 saturated carbocycles. The molecule has 2 atom stereocenters. The summed E-state index contributed by atoms with van der Waals surface area (Å²) in [6.45, 7) is 3.10. The molecule has 3 nitrogen and oxygen atoms in total. The summed E-state index contributed by atoms with van der Waals surface area (Å²) in [4.78, 5) is 0. The SMILES string of the molecule is CC(Cl)O[PH](=O)OC(C)Cl. The molecule has 62 valence electrons. The predicted molar refractivity (Wildman–Crippen MR) is 41.8 cm³/mol. The Labute approximate surface area is 70.5 Å². The first-order valence-electron chi connectivity index (χ1n) is 2.67. The maximum atomic E-state index is 10.6. The van der Waals surface area contributed by atoms with Gasteiger partial charge in [-0.15, -0.1) is 0 Å². The van der Waals surface area contributed by atoms with Gasteiger partial charge in [0.25, 0.3) is 0 Å². The quantitative estimate of drug-likeness (QED) is 0.524. The van der Waals surface area contributed by atoms with Crippen LogP contribution in [-0.4, -0.2) is 11.1 Å². The topological polar surface area (TPSA) is 35.5 Å². The number of halogens is 2. The van der Waals surface area contributed by atoms with Crippen molar-refractivity contribution >= 4 is 31.5 Å². The lowest BCUT2D eigenvalue weighted by atomic mass is 10.9. The zero-order valence-electron chi connectivity index (χ0n) is 5.64. The van der Waals surface area contributed by atoms with Crippen LogP contribution in [0, 0.1) is 0 Å². The van der Waals surface area contributed by atoms with Gasteiger partial charge in [-0.25, -0.2) is 0 Å². The Bertz CT molecular complexity index is 105. The molecule has 0 bridgehead atoms. The van der Waals surface area contributed by atoms with E-state index in [2.05, 4.69) is 9.05 Å². The minimum absolute atomic E-state index is 0.609. The lowest BCUT2D eigenvalue weighted by Gasteiger charge is -2.07. The molecule has 0 aliphatic rings. The van der Waals surface area contributed by atoms with E-state index in [4.69, 9.17) is 23.2 Å². The average Bonchev–Trinajstić information content (AvgIpc) is 1.58. The van der Waals surface area contributed by atoms with Crippen LogP contribution in [0.3, 0.4) is 0 Å². The van der Waals surface area contributed by atoms with Crippen molar-refractivity contribution in [3.8, 4) is 0 Å². The van der Waals surface area contributed by atoms with Gasteiger partial charge in [-0.05, 0) is 13.8 Å². The zero-order chi connectivity index (χ0) is 8.15. The van der Waals surface area contributed by atoms with Gasteiger partial charge in [-0.1, -0.05) is 23.2 Å². The Hall–Kier alpha value is 0.730. The fourth-order valence-electron chi connectivity index (χ4n) is 0.293. The van der Waals surface area contributed by atoms with E-state index in [1.54, 1.807) is 13.8 Å². The van der Waals surface area contributed by atoms with Gasteiger partial charge >= 0.3 is 8.25 Å². The molecule has 10 heavy (non-hydrogen) atoms. The van der Waals surface area contributed by atoms with Gasteiger partial charge in [-0.3, -0.25) is 13.6 Å². The van der Waals surface area contributed by atoms with E-state index in [0.29, 0.717) is 0 Å². The van der Waals surface area contributed by atoms with Crippen molar-refractivity contribution in [2.45, 2.75) is 25.0 Å². The summed E-state index contributed by atoms with van der Waals surface area (Å²) < 4.78 is 19.8. The summed E-state index contributed by atoms with van der Waals surface area (Å²) in [7, 11) is -2.50. The zero-order valence-corrected chi connectivity index (χ0v) is 8.15. The Kier molecular flexibility index (Phi) is 5.78. The molecule has 0 aliphatic heterocycles. The molecule has 0 aromatic heterocycles. The van der Waals surface area contributed by atoms with Crippen LogP contribution in [0.4, 0.5) is 0 Å². The fourth-order valence-corrected chi connectivity index (χ4v) is 1.32. The third-order valence-electron chi connectivity index (χ3n) is 0.517. The van der Waals surface area contributed by atoms with E-state index in [-0.39, 0.29) is 0 Å². The molecule has 0 aromatic rings. The highest BCUT2D eigenvalue weighted by Crippen LogP contribution is 2.29. The monoisotopic (exact) mass is 206 g/mol. The Morgan fingerprint density at radius 2 is 1.50 bits per heavy atom. The van der Waals surface area contributed by atoms with Gasteiger partial charge in [-0.2, -0.15) is 0 Å². The Morgan fingerprint density at radius 1 is 1.20 bits per heavy atom. The Morgan fingerprint density at radius 3 is 1.70 bits per heavy atom. The molecule has 0 amide bonds. The van der Waals surface area contributed by atoms with Crippen LogP contribution in [0.15, 0.2) is 0 Å². The molecule has 0 rings (SSSR count). The van der Waals surface area contributed by atoms with Crippen molar-refractivity contribution in [2.75, 3.05) is 0 Å². The normalized spacial score (nSPS) is 20.0. The van der Waals surface area contributed by atoms with Gasteiger partial charge in [0.15, 0.2) is 0 Å². The number of hydrogen-bond acceptors (Lipinski definition) is 3. The van der Waals surface area contributed by atoms with E-state index in [1.807, 2.05) is 0 Å². The molecule has 6 heteroatoms. The number of alkyl halides is 2. The van der Waals surface area contributed by atoms with E-state index in [9.17, 15) is 4.57 Å². The third-order valence-corrected chi connectivity index (χ3v) is 2.09. The Balaban J connectivity index is 3.44. The average molecular weight is 207 g/mol. The van der Waals surface area contributed by atoms with Crippen LogP contribution in [0.25, 0.3) is 0 Å². The maximum Gasteiger partial charge on any atom is 0.321 e. The van der Waals surface area contributed by atoms with Crippen LogP contribution in [0.1, 0.15) is 13.8 Å². The largest absolute Gasteiger partial charge is 0.321 e. The molecule has 0 aromatic carbocycles. The van der Waals surface area contributed by atoms with E-state index >= 15 is 0 Å². The van der Waals surface area contributed by atoms with Gasteiger partial charge in [0.05, 0.1) is 0 Å². The molecule has 0 spiro atoms. The molecule has 2 unspecified atom stereocenters. The van der Waals surface area contributed by atoms with Gasteiger partial charge < -0.3 is 0 Å². The first kappa shape index (κ1) is 10.7. The second-order valence-corrected chi connectivity index (χ2v) is 3.77. The van der Waals surface area contributed by atoms with Crippen molar-refractivity contribution in [1.82, 2.24) is 0 Å². The van der Waals surface area contributed by atoms with Gasteiger partial charge in [0.2, 0.25) is 0 Å². The minimum Gasteiger partial charge on any atom is -0.291 e. The highest BCUT2D eigenvalue weighted by atomic mass is 35.5. The van der Waals surface area contributed by atoms with E-state index in [1.165, 1.54) is 0 Å². The molecule has 0 N–H and O–H groups in total. The van der Waals surface area contributed by atoms with E-state index < -0.39 is 19.4 Å². The lowest BCUT2D eigenvalue weighted by molar-refractivity contribution is 0.210. The minimum atomic E-state index is -2.50. The molecule has 0 radical (unpaired) electrons. The summed E-state index contributed by atoms with van der Waals surface area (Å²) in [6, 6.07) is 0. The highest BCUT2D eigenvalue weighted by Gasteiger charge is 2.06. The number of hydrogen-bond donors (Lipinski definition) is 0. The van der Waals surface area contributed by atoms with Crippen LogP contribution in [0.2, 0.25) is 0 Å². The molecule has 0 fully saturated rings. The summed E-state index contributed by atoms with van der Waals surface area (Å²) >= 11 is 10.7. The molecule has 0 saturated heterocycles. The van der Waals surface area contributed by atoms with Crippen LogP contribution in [0.5, 0.6) is 0 Å². The number of rotatable bonds is 4. The molecule has 0 heterocycles. The lowest BCUT2D eigenvalue weighted by Crippen LogP contribution is -1.96. The van der Waals surface area contributed by atoms with Crippen molar-refractivity contribution < 1.29 is 13.6 Å². The highest BCUT2D eigenvalue weighted by molar-refractivity contribution is 7.33. The smallest absolute Gasteiger partial charge is 0.291 e. The van der Waals surface area contributed by atoms with Crippen LogP contribution >= 0.6 is 31.5 Å². The van der Waals surface area contributed by atoms with Crippen molar-refractivity contribution in [3.05, 3.63) is 0 Å². The molecular formula is C4H9Cl2O3P. The second-order valence-electron chi connectivity index (χ2n) is 1.57. The summed E-state index contributed by atoms with van der Waals surface area (Å²) in [6.07, 6.45) is 0. The fraction of sp³-hybridized carbons (Fsp3) is 1.00. The van der Waals surface area contributed by atoms with Gasteiger partial charge in [0, 0.05) is 0 Å². The van der Waals surface area contributed by atoms with Crippen molar-refractivity contribution in [1.29, 1.82) is 0 Å². The van der Waals surface area contributed by atoms with Gasteiger partial charge in [0.1, 0.15) is 11.1 Å². The van der Waals surface area contributed by atoms with Crippen molar-refractivity contribution in [3.63, 3.8) is 0 Å². The van der Waals surface area contributed by atoms with Crippen LogP contribution in [-0.2, 0) is 13.6 Å². The standard InChI is InChI=1S/C4H9Cl2O3P/c1-3(5)8-10(7)9-4(2)6/h3-4,10H,1-2H3. The van der Waals surface area contributed by atoms with E-state index in [0.717, 1.165) is 0 Å². The maximum absolute atomic E-state index is 10.6.